The van der Waals surface area contributed by atoms with Gasteiger partial charge in [0.15, 0.2) is 0 Å². The first-order valence-electron chi connectivity index (χ1n) is 9.20. The predicted octanol–water partition coefficient (Wildman–Crippen LogP) is 4.96. The van der Waals surface area contributed by atoms with E-state index < -0.39 is 0 Å². The third-order valence-corrected chi connectivity index (χ3v) is 5.46. The number of nitrogens with one attached hydrogen (secondary N) is 1. The van der Waals surface area contributed by atoms with Crippen molar-refractivity contribution in [2.45, 2.75) is 31.9 Å². The lowest BCUT2D eigenvalue weighted by Crippen LogP contribution is -2.40. The van der Waals surface area contributed by atoms with Crippen LogP contribution in [0.25, 0.3) is 22.2 Å². The molecule has 0 unspecified atom stereocenters. The Labute approximate surface area is 167 Å². The van der Waals surface area contributed by atoms with E-state index in [0.717, 1.165) is 46.1 Å². The van der Waals surface area contributed by atoms with E-state index in [1.165, 1.54) is 0 Å². The molecule has 0 aliphatic carbocycles. The van der Waals surface area contributed by atoms with E-state index in [0.29, 0.717) is 5.56 Å². The summed E-state index contributed by atoms with van der Waals surface area (Å²) in [5.74, 6) is -0.0966. The number of fused-ring (bicyclic) bond motifs is 1. The van der Waals surface area contributed by atoms with Crippen LogP contribution in [-0.4, -0.2) is 29.6 Å². The minimum absolute atomic E-state index is 0.0319. The molecule has 2 heterocycles. The molecule has 1 fully saturated rings. The smallest absolute Gasteiger partial charge is 0.252 e. The van der Waals surface area contributed by atoms with Gasteiger partial charge in [-0.05, 0) is 44.0 Å². The van der Waals surface area contributed by atoms with Crippen LogP contribution in [0.1, 0.15) is 30.1 Å². The first-order valence-corrected chi connectivity index (χ1v) is 9.99. The summed E-state index contributed by atoms with van der Waals surface area (Å²) in [5.41, 5.74) is 3.21. The van der Waals surface area contributed by atoms with Crippen molar-refractivity contribution in [1.82, 2.24) is 10.3 Å². The maximum atomic E-state index is 13.1. The summed E-state index contributed by atoms with van der Waals surface area (Å²) in [7, 11) is 0. The van der Waals surface area contributed by atoms with E-state index in [-0.39, 0.29) is 18.1 Å². The highest BCUT2D eigenvalue weighted by molar-refractivity contribution is 9.10. The van der Waals surface area contributed by atoms with Crippen molar-refractivity contribution in [3.05, 3.63) is 64.6 Å². The number of rotatable bonds is 4. The average molecular weight is 425 g/mol. The summed E-state index contributed by atoms with van der Waals surface area (Å²) in [6, 6.07) is 17.6. The Bertz CT molecular complexity index is 969. The minimum atomic E-state index is -0.0966. The number of halogens is 1. The molecule has 0 bridgehead atoms. The molecule has 27 heavy (non-hydrogen) atoms. The number of aromatic nitrogens is 1. The highest BCUT2D eigenvalue weighted by Gasteiger charge is 2.25. The number of nitrogens with zero attached hydrogens (tertiary/aromatic N) is 1. The van der Waals surface area contributed by atoms with E-state index in [4.69, 9.17) is 9.72 Å². The van der Waals surface area contributed by atoms with Crippen molar-refractivity contribution in [3.8, 4) is 11.3 Å². The average Bonchev–Trinajstić information content (AvgIpc) is 3.23. The van der Waals surface area contributed by atoms with Gasteiger partial charge in [-0.25, -0.2) is 4.98 Å². The normalized spacial score (nSPS) is 17.8. The van der Waals surface area contributed by atoms with E-state index >= 15 is 0 Å². The monoisotopic (exact) mass is 424 g/mol. The van der Waals surface area contributed by atoms with Gasteiger partial charge in [0.1, 0.15) is 0 Å². The van der Waals surface area contributed by atoms with Crippen LogP contribution in [0.15, 0.2) is 59.1 Å². The molecule has 138 valence electrons. The Balaban J connectivity index is 1.75. The van der Waals surface area contributed by atoms with Gasteiger partial charge in [0.2, 0.25) is 0 Å². The fraction of sp³-hybridized carbons (Fsp3) is 0.273. The van der Waals surface area contributed by atoms with Gasteiger partial charge in [-0.2, -0.15) is 0 Å². The first-order chi connectivity index (χ1) is 13.1. The molecule has 0 spiro atoms. The summed E-state index contributed by atoms with van der Waals surface area (Å²) in [4.78, 5) is 17.9. The Morgan fingerprint density at radius 2 is 2.04 bits per heavy atom. The van der Waals surface area contributed by atoms with Gasteiger partial charge >= 0.3 is 0 Å². The van der Waals surface area contributed by atoms with E-state index in [1.807, 2.05) is 61.5 Å². The summed E-state index contributed by atoms with van der Waals surface area (Å²) in [5, 5.41) is 3.96. The minimum Gasteiger partial charge on any atom is -0.376 e. The molecule has 1 aliphatic rings. The molecular weight excluding hydrogens is 404 g/mol. The molecule has 1 amide bonds. The number of amides is 1. The zero-order chi connectivity index (χ0) is 18.8. The van der Waals surface area contributed by atoms with Crippen molar-refractivity contribution in [2.24, 2.45) is 0 Å². The Morgan fingerprint density at radius 1 is 1.22 bits per heavy atom. The molecule has 4 nitrogen and oxygen atoms in total. The number of hydrogen-bond donors (Lipinski definition) is 1. The number of carbonyl (C=O) groups excluding carboxylic acids is 1. The molecule has 2 atom stereocenters. The maximum Gasteiger partial charge on any atom is 0.252 e. The summed E-state index contributed by atoms with van der Waals surface area (Å²) in [6.45, 7) is 2.78. The van der Waals surface area contributed by atoms with Crippen molar-refractivity contribution < 1.29 is 9.53 Å². The van der Waals surface area contributed by atoms with Crippen LogP contribution in [0.3, 0.4) is 0 Å². The number of benzene rings is 2. The lowest BCUT2D eigenvalue weighted by molar-refractivity contribution is 0.0713. The Morgan fingerprint density at radius 3 is 2.78 bits per heavy atom. The summed E-state index contributed by atoms with van der Waals surface area (Å²) < 4.78 is 6.64. The largest absolute Gasteiger partial charge is 0.376 e. The lowest BCUT2D eigenvalue weighted by Gasteiger charge is -2.20. The van der Waals surface area contributed by atoms with Crippen LogP contribution >= 0.6 is 15.9 Å². The Kier molecular flexibility index (Phi) is 5.23. The van der Waals surface area contributed by atoms with Crippen molar-refractivity contribution in [1.29, 1.82) is 0 Å². The SMILES string of the molecule is C[C@H](NC(=O)c1cc(-c2ccccc2)nc2ccc(Br)cc12)[C@@H]1CCCO1. The lowest BCUT2D eigenvalue weighted by atomic mass is 10.0. The second-order valence-electron chi connectivity index (χ2n) is 6.90. The zero-order valence-electron chi connectivity index (χ0n) is 15.1. The van der Waals surface area contributed by atoms with Gasteiger partial charge in [0.05, 0.1) is 28.9 Å². The topological polar surface area (TPSA) is 51.2 Å². The molecule has 1 aliphatic heterocycles. The summed E-state index contributed by atoms with van der Waals surface area (Å²) >= 11 is 3.50. The van der Waals surface area contributed by atoms with E-state index in [9.17, 15) is 4.79 Å². The van der Waals surface area contributed by atoms with Gasteiger partial charge in [-0.3, -0.25) is 4.79 Å². The summed E-state index contributed by atoms with van der Waals surface area (Å²) in [6.07, 6.45) is 2.12. The van der Waals surface area contributed by atoms with Gasteiger partial charge in [0.25, 0.3) is 5.91 Å². The highest BCUT2D eigenvalue weighted by Crippen LogP contribution is 2.27. The van der Waals surface area contributed by atoms with Crippen LogP contribution < -0.4 is 5.32 Å². The van der Waals surface area contributed by atoms with Crippen molar-refractivity contribution >= 4 is 32.7 Å². The van der Waals surface area contributed by atoms with Crippen LogP contribution in [-0.2, 0) is 4.74 Å². The molecule has 2 aromatic carbocycles. The molecule has 3 aromatic rings. The molecule has 5 heteroatoms. The first kappa shape index (κ1) is 18.1. The zero-order valence-corrected chi connectivity index (χ0v) is 16.7. The molecular formula is C22H21BrN2O2. The molecule has 1 N–H and O–H groups in total. The van der Waals surface area contributed by atoms with Crippen LogP contribution in [0, 0.1) is 0 Å². The molecule has 1 aromatic heterocycles. The van der Waals surface area contributed by atoms with Crippen molar-refractivity contribution in [2.75, 3.05) is 6.61 Å². The Hall–Kier alpha value is -2.24. The second kappa shape index (κ2) is 7.79. The third kappa shape index (κ3) is 3.89. The second-order valence-corrected chi connectivity index (χ2v) is 7.81. The standard InChI is InChI=1S/C22H21BrN2O2/c1-14(21-8-5-11-27-21)24-22(26)18-13-20(15-6-3-2-4-7-15)25-19-10-9-16(23)12-17(18)19/h2-4,6-7,9-10,12-14,21H,5,8,11H2,1H3,(H,24,26)/t14-,21-/m0/s1. The number of ether oxygens (including phenoxy) is 1. The molecule has 1 saturated heterocycles. The van der Waals surface area contributed by atoms with Crippen LogP contribution in [0.5, 0.6) is 0 Å². The fourth-order valence-corrected chi connectivity index (χ4v) is 3.88. The highest BCUT2D eigenvalue weighted by atomic mass is 79.9. The van der Waals surface area contributed by atoms with Gasteiger partial charge in [-0.1, -0.05) is 46.3 Å². The molecule has 0 saturated carbocycles. The number of hydrogen-bond acceptors (Lipinski definition) is 3. The van der Waals surface area contributed by atoms with Gasteiger partial charge < -0.3 is 10.1 Å². The quantitative estimate of drug-likeness (QED) is 0.643. The van der Waals surface area contributed by atoms with Crippen LogP contribution in [0.2, 0.25) is 0 Å². The number of carbonyl (C=O) groups is 1. The van der Waals surface area contributed by atoms with E-state index in [1.54, 1.807) is 0 Å². The van der Waals surface area contributed by atoms with Gasteiger partial charge in [-0.15, -0.1) is 0 Å². The third-order valence-electron chi connectivity index (χ3n) is 4.97. The maximum absolute atomic E-state index is 13.1. The van der Waals surface area contributed by atoms with E-state index in [2.05, 4.69) is 21.2 Å². The van der Waals surface area contributed by atoms with Crippen molar-refractivity contribution in [3.63, 3.8) is 0 Å². The van der Waals surface area contributed by atoms with Gasteiger partial charge in [0, 0.05) is 22.0 Å². The molecule has 4 rings (SSSR count). The number of pyridine rings is 1. The predicted molar refractivity (Wildman–Crippen MR) is 111 cm³/mol. The molecule has 0 radical (unpaired) electrons. The fourth-order valence-electron chi connectivity index (χ4n) is 3.52. The van der Waals surface area contributed by atoms with Crippen LogP contribution in [0.4, 0.5) is 0 Å².